The summed E-state index contributed by atoms with van der Waals surface area (Å²) in [6.07, 6.45) is 2.50. The molecular weight excluding hydrogens is 508 g/mol. The maximum Gasteiger partial charge on any atom is 0.191 e. The fraction of sp³-hybridized carbons (Fsp3) is 0.400. The molecule has 2 heterocycles. The summed E-state index contributed by atoms with van der Waals surface area (Å²) >= 11 is 5.96. The Balaban J connectivity index is 0.00000300. The van der Waals surface area contributed by atoms with Crippen molar-refractivity contribution in [1.29, 1.82) is 0 Å². The second-order valence-electron chi connectivity index (χ2n) is 6.57. The van der Waals surface area contributed by atoms with E-state index in [1.807, 2.05) is 29.2 Å². The summed E-state index contributed by atoms with van der Waals surface area (Å²) in [5.74, 6) is 0.825. The maximum absolute atomic E-state index is 13.9. The Morgan fingerprint density at radius 1 is 1.38 bits per heavy atom. The van der Waals surface area contributed by atoms with Gasteiger partial charge in [0.15, 0.2) is 17.6 Å². The molecular formula is C20H26ClFIN5O. The Morgan fingerprint density at radius 2 is 2.24 bits per heavy atom. The molecule has 1 aliphatic heterocycles. The summed E-state index contributed by atoms with van der Waals surface area (Å²) in [5, 5.41) is 7.32. The molecule has 0 radical (unpaired) electrons. The standard InChI is InChI=1S/C20H25ClFN5O.HI/c1-23-20(25-9-11-28-14-15-4-2-5-16(21)12-15)26-17-7-10-27(13-17)19-18(22)6-3-8-24-19;/h2-6,8,12,17H,7,9-11,13-14H2,1H3,(H2,23,25,26);1H. The van der Waals surface area contributed by atoms with E-state index in [1.165, 1.54) is 6.07 Å². The lowest BCUT2D eigenvalue weighted by molar-refractivity contribution is 0.125. The monoisotopic (exact) mass is 533 g/mol. The van der Waals surface area contributed by atoms with E-state index in [9.17, 15) is 4.39 Å². The summed E-state index contributed by atoms with van der Waals surface area (Å²) < 4.78 is 19.6. The van der Waals surface area contributed by atoms with Crippen LogP contribution in [0.2, 0.25) is 5.02 Å². The zero-order chi connectivity index (χ0) is 19.8. The van der Waals surface area contributed by atoms with Gasteiger partial charge in [-0.15, -0.1) is 24.0 Å². The van der Waals surface area contributed by atoms with Gasteiger partial charge in [0.05, 0.1) is 13.2 Å². The Hall–Kier alpha value is -1.65. The molecule has 1 aromatic heterocycles. The second kappa shape index (κ2) is 12.1. The molecule has 0 bridgehead atoms. The third kappa shape index (κ3) is 7.27. The molecule has 2 aromatic rings. The van der Waals surface area contributed by atoms with Gasteiger partial charge in [-0.05, 0) is 36.2 Å². The van der Waals surface area contributed by atoms with Crippen molar-refractivity contribution in [2.75, 3.05) is 38.2 Å². The minimum atomic E-state index is -0.289. The second-order valence-corrected chi connectivity index (χ2v) is 7.00. The van der Waals surface area contributed by atoms with Gasteiger partial charge in [0, 0.05) is 43.9 Å². The van der Waals surface area contributed by atoms with Gasteiger partial charge in [0.2, 0.25) is 0 Å². The highest BCUT2D eigenvalue weighted by molar-refractivity contribution is 14.0. The number of ether oxygens (including phenoxy) is 1. The lowest BCUT2D eigenvalue weighted by Crippen LogP contribution is -2.45. The van der Waals surface area contributed by atoms with E-state index >= 15 is 0 Å². The zero-order valence-corrected chi connectivity index (χ0v) is 19.4. The molecule has 158 valence electrons. The van der Waals surface area contributed by atoms with Crippen molar-refractivity contribution in [3.8, 4) is 0 Å². The van der Waals surface area contributed by atoms with Gasteiger partial charge in [-0.25, -0.2) is 9.37 Å². The summed E-state index contributed by atoms with van der Waals surface area (Å²) in [7, 11) is 1.73. The molecule has 6 nitrogen and oxygen atoms in total. The first-order valence-corrected chi connectivity index (χ1v) is 9.68. The molecule has 29 heavy (non-hydrogen) atoms. The minimum absolute atomic E-state index is 0. The van der Waals surface area contributed by atoms with Crippen LogP contribution in [0.25, 0.3) is 0 Å². The Morgan fingerprint density at radius 3 is 3.00 bits per heavy atom. The lowest BCUT2D eigenvalue weighted by Gasteiger charge is -2.20. The maximum atomic E-state index is 13.9. The number of guanidine groups is 1. The van der Waals surface area contributed by atoms with Crippen molar-refractivity contribution in [3.05, 3.63) is 59.0 Å². The highest BCUT2D eigenvalue weighted by Crippen LogP contribution is 2.20. The minimum Gasteiger partial charge on any atom is -0.375 e. The molecule has 2 N–H and O–H groups in total. The van der Waals surface area contributed by atoms with E-state index in [1.54, 1.807) is 19.3 Å². The fourth-order valence-corrected chi connectivity index (χ4v) is 3.34. The third-order valence-electron chi connectivity index (χ3n) is 4.49. The molecule has 0 aliphatic carbocycles. The summed E-state index contributed by atoms with van der Waals surface area (Å²) in [6.45, 7) is 3.13. The van der Waals surface area contributed by atoms with Crippen molar-refractivity contribution in [2.24, 2.45) is 4.99 Å². The van der Waals surface area contributed by atoms with Crippen molar-refractivity contribution in [2.45, 2.75) is 19.1 Å². The van der Waals surface area contributed by atoms with E-state index in [0.29, 0.717) is 43.1 Å². The van der Waals surface area contributed by atoms with Gasteiger partial charge in [0.25, 0.3) is 0 Å². The fourth-order valence-electron chi connectivity index (χ4n) is 3.13. The number of anilines is 1. The zero-order valence-electron chi connectivity index (χ0n) is 16.3. The number of aromatic nitrogens is 1. The van der Waals surface area contributed by atoms with Crippen molar-refractivity contribution >= 4 is 47.4 Å². The number of nitrogens with one attached hydrogen (secondary N) is 2. The number of hydrogen-bond acceptors (Lipinski definition) is 4. The van der Waals surface area contributed by atoms with Gasteiger partial charge in [-0.2, -0.15) is 0 Å². The first-order valence-electron chi connectivity index (χ1n) is 9.30. The van der Waals surface area contributed by atoms with E-state index in [2.05, 4.69) is 20.6 Å². The normalized spacial score (nSPS) is 16.4. The van der Waals surface area contributed by atoms with Crippen molar-refractivity contribution < 1.29 is 9.13 Å². The number of pyridine rings is 1. The number of halogens is 3. The molecule has 1 atom stereocenters. The van der Waals surface area contributed by atoms with Crippen LogP contribution in [0.15, 0.2) is 47.6 Å². The first kappa shape index (κ1) is 23.6. The van der Waals surface area contributed by atoms with E-state index in [-0.39, 0.29) is 35.8 Å². The molecule has 3 rings (SSSR count). The van der Waals surface area contributed by atoms with E-state index in [4.69, 9.17) is 16.3 Å². The van der Waals surface area contributed by atoms with Crippen LogP contribution in [-0.4, -0.2) is 50.3 Å². The van der Waals surface area contributed by atoms with Crippen LogP contribution in [0.1, 0.15) is 12.0 Å². The lowest BCUT2D eigenvalue weighted by atomic mass is 10.2. The predicted octanol–water partition coefficient (Wildman–Crippen LogP) is 3.45. The molecule has 1 fully saturated rings. The van der Waals surface area contributed by atoms with Crippen molar-refractivity contribution in [3.63, 3.8) is 0 Å². The number of aliphatic imine (C=N–C) groups is 1. The van der Waals surface area contributed by atoms with Crippen LogP contribution in [0, 0.1) is 5.82 Å². The highest BCUT2D eigenvalue weighted by atomic mass is 127. The average molecular weight is 534 g/mol. The van der Waals surface area contributed by atoms with Gasteiger partial charge >= 0.3 is 0 Å². The molecule has 1 aliphatic rings. The highest BCUT2D eigenvalue weighted by Gasteiger charge is 2.25. The molecule has 1 unspecified atom stereocenters. The largest absolute Gasteiger partial charge is 0.375 e. The van der Waals surface area contributed by atoms with Crippen LogP contribution >= 0.6 is 35.6 Å². The van der Waals surface area contributed by atoms with E-state index < -0.39 is 0 Å². The quantitative estimate of drug-likeness (QED) is 0.247. The van der Waals surface area contributed by atoms with Gasteiger partial charge in [-0.3, -0.25) is 4.99 Å². The Kier molecular flexibility index (Phi) is 9.89. The molecule has 0 amide bonds. The predicted molar refractivity (Wildman–Crippen MR) is 126 cm³/mol. The van der Waals surface area contributed by atoms with Gasteiger partial charge < -0.3 is 20.3 Å². The molecule has 1 saturated heterocycles. The van der Waals surface area contributed by atoms with Crippen molar-refractivity contribution in [1.82, 2.24) is 15.6 Å². The van der Waals surface area contributed by atoms with Crippen LogP contribution in [0.3, 0.4) is 0 Å². The smallest absolute Gasteiger partial charge is 0.191 e. The molecule has 1 aromatic carbocycles. The van der Waals surface area contributed by atoms with Gasteiger partial charge in [-0.1, -0.05) is 23.7 Å². The van der Waals surface area contributed by atoms with Gasteiger partial charge in [0.1, 0.15) is 0 Å². The van der Waals surface area contributed by atoms with Crippen LogP contribution in [0.5, 0.6) is 0 Å². The number of nitrogens with zero attached hydrogens (tertiary/aromatic N) is 3. The Bertz CT molecular complexity index is 810. The van der Waals surface area contributed by atoms with E-state index in [0.717, 1.165) is 18.5 Å². The van der Waals surface area contributed by atoms with Crippen LogP contribution in [-0.2, 0) is 11.3 Å². The average Bonchev–Trinajstić information content (AvgIpc) is 3.15. The Labute approximate surface area is 192 Å². The number of benzene rings is 1. The van der Waals surface area contributed by atoms with Crippen LogP contribution in [0.4, 0.5) is 10.2 Å². The number of hydrogen-bond donors (Lipinski definition) is 2. The third-order valence-corrected chi connectivity index (χ3v) is 4.72. The summed E-state index contributed by atoms with van der Waals surface area (Å²) in [5.41, 5.74) is 1.04. The summed E-state index contributed by atoms with van der Waals surface area (Å²) in [6, 6.07) is 10.8. The van der Waals surface area contributed by atoms with Crippen LogP contribution < -0.4 is 15.5 Å². The molecule has 0 spiro atoms. The number of rotatable bonds is 7. The summed E-state index contributed by atoms with van der Waals surface area (Å²) in [4.78, 5) is 10.3. The SMILES string of the molecule is CN=C(NCCOCc1cccc(Cl)c1)NC1CCN(c2ncccc2F)C1.I. The topological polar surface area (TPSA) is 61.8 Å². The first-order chi connectivity index (χ1) is 13.7. The molecule has 0 saturated carbocycles. The molecule has 9 heteroatoms.